The molecule has 0 N–H and O–H groups in total. The molecule has 0 bridgehead atoms. The van der Waals surface area contributed by atoms with E-state index in [1.54, 1.807) is 0 Å². The second-order valence-electron chi connectivity index (χ2n) is 14.5. The molecule has 0 aliphatic heterocycles. The van der Waals surface area contributed by atoms with E-state index in [0.717, 1.165) is 64.2 Å². The van der Waals surface area contributed by atoms with Gasteiger partial charge in [-0.15, -0.1) is 0 Å². The molecule has 43 heavy (non-hydrogen) atoms. The summed E-state index contributed by atoms with van der Waals surface area (Å²) in [6.07, 6.45) is 8.25. The summed E-state index contributed by atoms with van der Waals surface area (Å²) in [5.74, 6) is -0.591. The van der Waals surface area contributed by atoms with Crippen LogP contribution in [0.15, 0.2) is 48.5 Å². The van der Waals surface area contributed by atoms with E-state index in [2.05, 4.69) is 69.2 Å². The van der Waals surface area contributed by atoms with E-state index in [-0.39, 0.29) is 35.0 Å². The molecule has 0 aromatic heterocycles. The summed E-state index contributed by atoms with van der Waals surface area (Å²) in [4.78, 5) is 27.4. The normalized spacial score (nSPS) is 13.8. The Morgan fingerprint density at radius 3 is 1.14 bits per heavy atom. The first-order valence-corrected chi connectivity index (χ1v) is 16.9. The third kappa shape index (κ3) is 10.2. The van der Waals surface area contributed by atoms with Gasteiger partial charge < -0.3 is 9.47 Å². The van der Waals surface area contributed by atoms with Crippen molar-refractivity contribution in [2.24, 2.45) is 5.41 Å². The van der Waals surface area contributed by atoms with Crippen molar-refractivity contribution in [1.82, 2.24) is 0 Å². The maximum Gasteiger partial charge on any atom is 0.338 e. The molecule has 4 heteroatoms. The number of rotatable bonds is 16. The molecule has 2 atom stereocenters. The molecule has 0 aliphatic rings. The SMILES string of the molecule is CCCCC(CCCC)(C(CCC)OC(=O)c1ccc(C(C)(C)C)cc1)C(CCC)OC(=O)c1ccc(C(C)(C)C)cc1. The van der Waals surface area contributed by atoms with Crippen molar-refractivity contribution in [3.8, 4) is 0 Å². The highest BCUT2D eigenvalue weighted by Crippen LogP contribution is 2.45. The fourth-order valence-electron chi connectivity index (χ4n) is 6.05. The smallest absolute Gasteiger partial charge is 0.338 e. The van der Waals surface area contributed by atoms with Crippen molar-refractivity contribution in [2.45, 2.75) is 156 Å². The average molecular weight is 593 g/mol. The fraction of sp³-hybridized carbons (Fsp3) is 0.641. The summed E-state index contributed by atoms with van der Waals surface area (Å²) in [6, 6.07) is 15.7. The average Bonchev–Trinajstić information content (AvgIpc) is 2.96. The first kappa shape index (κ1) is 36.6. The third-order valence-corrected chi connectivity index (χ3v) is 8.85. The lowest BCUT2D eigenvalue weighted by molar-refractivity contribution is -0.104. The molecule has 2 aromatic carbocycles. The molecule has 0 spiro atoms. The zero-order chi connectivity index (χ0) is 32.3. The van der Waals surface area contributed by atoms with E-state index in [1.165, 1.54) is 11.1 Å². The van der Waals surface area contributed by atoms with Crippen LogP contribution in [0.4, 0.5) is 0 Å². The number of carbonyl (C=O) groups excluding carboxylic acids is 2. The summed E-state index contributed by atoms with van der Waals surface area (Å²) >= 11 is 0. The predicted molar refractivity (Wildman–Crippen MR) is 180 cm³/mol. The van der Waals surface area contributed by atoms with Crippen molar-refractivity contribution < 1.29 is 19.1 Å². The van der Waals surface area contributed by atoms with Gasteiger partial charge in [-0.25, -0.2) is 9.59 Å². The van der Waals surface area contributed by atoms with Crippen molar-refractivity contribution in [1.29, 1.82) is 0 Å². The van der Waals surface area contributed by atoms with Crippen LogP contribution in [-0.4, -0.2) is 24.1 Å². The number of ether oxygens (including phenoxy) is 2. The van der Waals surface area contributed by atoms with Crippen LogP contribution in [0.5, 0.6) is 0 Å². The van der Waals surface area contributed by atoms with Crippen LogP contribution < -0.4 is 0 Å². The van der Waals surface area contributed by atoms with E-state index in [9.17, 15) is 9.59 Å². The predicted octanol–water partition coefficient (Wildman–Crippen LogP) is 11.0. The molecule has 240 valence electrons. The van der Waals surface area contributed by atoms with Gasteiger partial charge in [-0.1, -0.05) is 132 Å². The Labute approximate surface area is 263 Å². The lowest BCUT2D eigenvalue weighted by Gasteiger charge is -2.45. The van der Waals surface area contributed by atoms with Crippen LogP contribution in [0.25, 0.3) is 0 Å². The molecular weight excluding hydrogens is 532 g/mol. The number of unbranched alkanes of at least 4 members (excludes halogenated alkanes) is 2. The highest BCUT2D eigenvalue weighted by atomic mass is 16.6. The van der Waals surface area contributed by atoms with Crippen molar-refractivity contribution >= 4 is 11.9 Å². The Hall–Kier alpha value is -2.62. The molecule has 2 rings (SSSR count). The standard InChI is InChI=1S/C39H60O4/c1-11-15-27-39(28-16-12-2,33(17-13-3)42-35(40)29-19-23-31(24-20-29)37(5,6)7)34(18-14-4)43-36(41)30-21-25-32(26-22-30)38(8,9)10/h19-26,33-34H,11-18,27-28H2,1-10H3. The van der Waals surface area contributed by atoms with Crippen LogP contribution in [0.3, 0.4) is 0 Å². The second-order valence-corrected chi connectivity index (χ2v) is 14.5. The lowest BCUT2D eigenvalue weighted by Crippen LogP contribution is -2.49. The first-order valence-electron chi connectivity index (χ1n) is 16.9. The highest BCUT2D eigenvalue weighted by molar-refractivity contribution is 5.90. The number of hydrogen-bond acceptors (Lipinski definition) is 4. The summed E-state index contributed by atoms with van der Waals surface area (Å²) < 4.78 is 13.0. The number of benzene rings is 2. The second kappa shape index (κ2) is 16.5. The van der Waals surface area contributed by atoms with E-state index in [1.807, 2.05) is 48.5 Å². The Bertz CT molecular complexity index is 1020. The minimum Gasteiger partial charge on any atom is -0.458 e. The molecule has 0 aliphatic carbocycles. The largest absolute Gasteiger partial charge is 0.458 e. The maximum atomic E-state index is 13.7. The quantitative estimate of drug-likeness (QED) is 0.182. The van der Waals surface area contributed by atoms with Gasteiger partial charge in [-0.05, 0) is 71.9 Å². The van der Waals surface area contributed by atoms with Gasteiger partial charge in [-0.2, -0.15) is 0 Å². The van der Waals surface area contributed by atoms with Gasteiger partial charge in [0.05, 0.1) is 11.1 Å². The summed E-state index contributed by atoms with van der Waals surface area (Å²) in [6.45, 7) is 21.7. The van der Waals surface area contributed by atoms with Gasteiger partial charge in [0.1, 0.15) is 12.2 Å². The number of esters is 2. The molecular formula is C39H60O4. The molecule has 2 unspecified atom stereocenters. The summed E-state index contributed by atoms with van der Waals surface area (Å²) in [5, 5.41) is 0. The monoisotopic (exact) mass is 592 g/mol. The fourth-order valence-corrected chi connectivity index (χ4v) is 6.05. The number of carbonyl (C=O) groups is 2. The summed E-state index contributed by atoms with van der Waals surface area (Å²) in [7, 11) is 0. The summed E-state index contributed by atoms with van der Waals surface area (Å²) in [5.41, 5.74) is 3.05. The molecule has 0 radical (unpaired) electrons. The third-order valence-electron chi connectivity index (χ3n) is 8.85. The van der Waals surface area contributed by atoms with Gasteiger partial charge in [0.25, 0.3) is 0 Å². The zero-order valence-corrected chi connectivity index (χ0v) is 29.0. The van der Waals surface area contributed by atoms with E-state index >= 15 is 0 Å². The van der Waals surface area contributed by atoms with E-state index < -0.39 is 5.41 Å². The molecule has 0 saturated carbocycles. The van der Waals surface area contributed by atoms with E-state index in [4.69, 9.17) is 9.47 Å². The van der Waals surface area contributed by atoms with Crippen molar-refractivity contribution in [2.75, 3.05) is 0 Å². The van der Waals surface area contributed by atoms with Crippen LogP contribution in [0.2, 0.25) is 0 Å². The minimum absolute atomic E-state index is 0.00690. The van der Waals surface area contributed by atoms with Crippen LogP contribution >= 0.6 is 0 Å². The molecule has 0 saturated heterocycles. The van der Waals surface area contributed by atoms with Gasteiger partial charge in [0, 0.05) is 5.41 Å². The van der Waals surface area contributed by atoms with Gasteiger partial charge in [-0.3, -0.25) is 0 Å². The molecule has 0 heterocycles. The highest BCUT2D eigenvalue weighted by Gasteiger charge is 2.48. The lowest BCUT2D eigenvalue weighted by atomic mass is 9.67. The van der Waals surface area contributed by atoms with Crippen LogP contribution in [0.1, 0.15) is 165 Å². The molecule has 2 aromatic rings. The Morgan fingerprint density at radius 1 is 0.558 bits per heavy atom. The van der Waals surface area contributed by atoms with Crippen molar-refractivity contribution in [3.05, 3.63) is 70.8 Å². The van der Waals surface area contributed by atoms with Crippen molar-refractivity contribution in [3.63, 3.8) is 0 Å². The Balaban J connectivity index is 2.52. The Kier molecular flexibility index (Phi) is 14.0. The number of hydrogen-bond donors (Lipinski definition) is 0. The van der Waals surface area contributed by atoms with E-state index in [0.29, 0.717) is 11.1 Å². The molecule has 4 nitrogen and oxygen atoms in total. The van der Waals surface area contributed by atoms with Gasteiger partial charge in [0.2, 0.25) is 0 Å². The topological polar surface area (TPSA) is 52.6 Å². The van der Waals surface area contributed by atoms with Crippen LogP contribution in [-0.2, 0) is 20.3 Å². The van der Waals surface area contributed by atoms with Gasteiger partial charge in [0.15, 0.2) is 0 Å². The van der Waals surface area contributed by atoms with Crippen LogP contribution in [0, 0.1) is 5.41 Å². The Morgan fingerprint density at radius 2 is 0.884 bits per heavy atom. The molecule has 0 amide bonds. The minimum atomic E-state index is -0.458. The van der Waals surface area contributed by atoms with Gasteiger partial charge >= 0.3 is 11.9 Å². The first-order chi connectivity index (χ1) is 20.2. The zero-order valence-electron chi connectivity index (χ0n) is 29.0. The maximum absolute atomic E-state index is 13.7. The molecule has 0 fully saturated rings.